The van der Waals surface area contributed by atoms with Crippen molar-refractivity contribution in [2.24, 2.45) is 0 Å². The number of carbonyl (C=O) groups excluding carboxylic acids is 1. The molecule has 2 aromatic rings. The zero-order valence-corrected chi connectivity index (χ0v) is 17.3. The Morgan fingerprint density at radius 3 is 2.33 bits per heavy atom. The molecule has 0 aliphatic carbocycles. The van der Waals surface area contributed by atoms with Gasteiger partial charge in [0.25, 0.3) is 0 Å². The number of sulfone groups is 1. The van der Waals surface area contributed by atoms with Gasteiger partial charge in [0.1, 0.15) is 12.4 Å². The lowest BCUT2D eigenvalue weighted by Gasteiger charge is -2.15. The van der Waals surface area contributed by atoms with Crippen LogP contribution in [0.2, 0.25) is 0 Å². The molecular formula is C20H22F3NO5S. The van der Waals surface area contributed by atoms with Crippen molar-refractivity contribution in [3.8, 4) is 5.75 Å². The summed E-state index contributed by atoms with van der Waals surface area (Å²) in [6, 6.07) is 8.83. The molecule has 1 amide bonds. The average molecular weight is 445 g/mol. The number of nitrogens with one attached hydrogen (secondary N) is 1. The third kappa shape index (κ3) is 6.74. The second kappa shape index (κ2) is 9.94. The van der Waals surface area contributed by atoms with Crippen LogP contribution in [0.5, 0.6) is 5.75 Å². The summed E-state index contributed by atoms with van der Waals surface area (Å²) < 4.78 is 73.9. The number of hydrogen-bond donors (Lipinski definition) is 1. The van der Waals surface area contributed by atoms with Gasteiger partial charge < -0.3 is 14.8 Å². The maximum absolute atomic E-state index is 13.0. The SMILES string of the molecule is COCCOc1ccc(C(F)(F)F)cc1NC(=O)CCS(=O)(=O)c1ccc(C)cc1. The lowest BCUT2D eigenvalue weighted by atomic mass is 10.1. The van der Waals surface area contributed by atoms with E-state index in [1.54, 1.807) is 12.1 Å². The van der Waals surface area contributed by atoms with Gasteiger partial charge in [0.05, 0.1) is 28.5 Å². The molecule has 0 unspecified atom stereocenters. The molecule has 0 saturated heterocycles. The molecular weight excluding hydrogens is 423 g/mol. The molecule has 2 rings (SSSR count). The number of benzene rings is 2. The molecule has 1 N–H and O–H groups in total. The summed E-state index contributed by atoms with van der Waals surface area (Å²) in [6.45, 7) is 2.07. The van der Waals surface area contributed by atoms with E-state index in [1.807, 2.05) is 6.92 Å². The molecule has 0 fully saturated rings. The molecule has 2 aromatic carbocycles. The van der Waals surface area contributed by atoms with E-state index in [0.717, 1.165) is 23.8 Å². The number of halogens is 3. The normalized spacial score (nSPS) is 11.9. The van der Waals surface area contributed by atoms with Crippen LogP contribution in [-0.2, 0) is 25.5 Å². The minimum atomic E-state index is -4.61. The smallest absolute Gasteiger partial charge is 0.416 e. The number of alkyl halides is 3. The summed E-state index contributed by atoms with van der Waals surface area (Å²) in [4.78, 5) is 12.3. The van der Waals surface area contributed by atoms with Crippen molar-refractivity contribution in [2.45, 2.75) is 24.4 Å². The van der Waals surface area contributed by atoms with Crippen molar-refractivity contribution in [3.63, 3.8) is 0 Å². The first kappa shape index (κ1) is 23.7. The third-order valence-corrected chi connectivity index (χ3v) is 5.84. The van der Waals surface area contributed by atoms with Gasteiger partial charge in [-0.25, -0.2) is 8.42 Å². The van der Waals surface area contributed by atoms with Crippen LogP contribution in [-0.4, -0.2) is 40.4 Å². The molecule has 0 spiro atoms. The van der Waals surface area contributed by atoms with E-state index in [9.17, 15) is 26.4 Å². The van der Waals surface area contributed by atoms with Crippen LogP contribution in [0.15, 0.2) is 47.4 Å². The number of amides is 1. The Kier molecular flexibility index (Phi) is 7.85. The molecule has 0 aliphatic rings. The summed E-state index contributed by atoms with van der Waals surface area (Å²) >= 11 is 0. The van der Waals surface area contributed by atoms with Crippen LogP contribution in [0, 0.1) is 6.92 Å². The standard InChI is InChI=1S/C20H22F3NO5S/c1-14-3-6-16(7-4-14)30(26,27)12-9-19(25)24-17-13-15(20(21,22)23)5-8-18(17)29-11-10-28-2/h3-8,13H,9-12H2,1-2H3,(H,24,25). The van der Waals surface area contributed by atoms with Crippen LogP contribution in [0.25, 0.3) is 0 Å². The first-order valence-electron chi connectivity index (χ1n) is 8.95. The number of carbonyl (C=O) groups is 1. The van der Waals surface area contributed by atoms with Crippen LogP contribution >= 0.6 is 0 Å². The third-order valence-electron chi connectivity index (χ3n) is 4.10. The molecule has 0 radical (unpaired) electrons. The first-order chi connectivity index (χ1) is 14.0. The van der Waals surface area contributed by atoms with Gasteiger partial charge in [0, 0.05) is 13.5 Å². The zero-order valence-electron chi connectivity index (χ0n) is 16.5. The van der Waals surface area contributed by atoms with Crippen molar-refractivity contribution in [1.82, 2.24) is 0 Å². The maximum Gasteiger partial charge on any atom is 0.416 e. The van der Waals surface area contributed by atoms with Crippen LogP contribution < -0.4 is 10.1 Å². The molecule has 30 heavy (non-hydrogen) atoms. The van der Waals surface area contributed by atoms with Gasteiger partial charge in [0.15, 0.2) is 9.84 Å². The summed E-state index contributed by atoms with van der Waals surface area (Å²) in [5, 5.41) is 2.31. The minimum Gasteiger partial charge on any atom is -0.489 e. The summed E-state index contributed by atoms with van der Waals surface area (Å²) in [5.74, 6) is -1.21. The van der Waals surface area contributed by atoms with E-state index in [1.165, 1.54) is 19.2 Å². The average Bonchev–Trinajstić information content (AvgIpc) is 2.67. The Morgan fingerprint density at radius 1 is 1.07 bits per heavy atom. The fourth-order valence-electron chi connectivity index (χ4n) is 2.47. The molecule has 0 aliphatic heterocycles. The molecule has 0 heterocycles. The Morgan fingerprint density at radius 2 is 1.73 bits per heavy atom. The molecule has 6 nitrogen and oxygen atoms in total. The Balaban J connectivity index is 2.12. The van der Waals surface area contributed by atoms with E-state index in [-0.39, 0.29) is 29.5 Å². The largest absolute Gasteiger partial charge is 0.489 e. The number of aryl methyl sites for hydroxylation is 1. The van der Waals surface area contributed by atoms with Crippen LogP contribution in [0.1, 0.15) is 17.5 Å². The number of ether oxygens (including phenoxy) is 2. The fraction of sp³-hybridized carbons (Fsp3) is 0.350. The van der Waals surface area contributed by atoms with Gasteiger partial charge in [-0.05, 0) is 37.3 Å². The number of anilines is 1. The highest BCUT2D eigenvalue weighted by Crippen LogP contribution is 2.35. The molecule has 10 heteroatoms. The predicted octanol–water partition coefficient (Wildman–Crippen LogP) is 3.84. The highest BCUT2D eigenvalue weighted by atomic mass is 32.2. The monoisotopic (exact) mass is 445 g/mol. The van der Waals surface area contributed by atoms with Crippen molar-refractivity contribution >= 4 is 21.4 Å². The van der Waals surface area contributed by atoms with E-state index in [4.69, 9.17) is 9.47 Å². The summed E-state index contributed by atoms with van der Waals surface area (Å²) in [7, 11) is -2.27. The van der Waals surface area contributed by atoms with Crippen molar-refractivity contribution in [3.05, 3.63) is 53.6 Å². The minimum absolute atomic E-state index is 0.0230. The quantitative estimate of drug-likeness (QED) is 0.593. The fourth-order valence-corrected chi connectivity index (χ4v) is 3.71. The first-order valence-corrected chi connectivity index (χ1v) is 10.6. The number of methoxy groups -OCH3 is 1. The summed E-state index contributed by atoms with van der Waals surface area (Å²) in [5.41, 5.74) is -0.278. The van der Waals surface area contributed by atoms with Gasteiger partial charge in [0.2, 0.25) is 5.91 Å². The Hall–Kier alpha value is -2.59. The second-order valence-corrected chi connectivity index (χ2v) is 8.59. The Labute approximate surface area is 172 Å². The van der Waals surface area contributed by atoms with E-state index in [2.05, 4.69) is 5.32 Å². The lowest BCUT2D eigenvalue weighted by Crippen LogP contribution is -2.19. The van der Waals surface area contributed by atoms with Crippen molar-refractivity contribution in [2.75, 3.05) is 31.4 Å². The van der Waals surface area contributed by atoms with Gasteiger partial charge in [-0.15, -0.1) is 0 Å². The molecule has 0 bridgehead atoms. The van der Waals surface area contributed by atoms with Gasteiger partial charge in [-0.3, -0.25) is 4.79 Å². The molecule has 164 valence electrons. The predicted molar refractivity (Wildman–Crippen MR) is 105 cm³/mol. The molecule has 0 aromatic heterocycles. The zero-order chi connectivity index (χ0) is 22.4. The lowest BCUT2D eigenvalue weighted by molar-refractivity contribution is -0.137. The van der Waals surface area contributed by atoms with Gasteiger partial charge in [-0.1, -0.05) is 17.7 Å². The van der Waals surface area contributed by atoms with E-state index >= 15 is 0 Å². The van der Waals surface area contributed by atoms with Gasteiger partial charge >= 0.3 is 6.18 Å². The topological polar surface area (TPSA) is 81.7 Å². The number of hydrogen-bond acceptors (Lipinski definition) is 5. The maximum atomic E-state index is 13.0. The molecule has 0 atom stereocenters. The van der Waals surface area contributed by atoms with Crippen LogP contribution in [0.3, 0.4) is 0 Å². The van der Waals surface area contributed by atoms with Crippen molar-refractivity contribution < 1.29 is 35.9 Å². The number of rotatable bonds is 9. The summed E-state index contributed by atoms with van der Waals surface area (Å²) in [6.07, 6.45) is -5.04. The van der Waals surface area contributed by atoms with E-state index < -0.39 is 39.7 Å². The highest BCUT2D eigenvalue weighted by Gasteiger charge is 2.31. The van der Waals surface area contributed by atoms with E-state index in [0.29, 0.717) is 0 Å². The second-order valence-electron chi connectivity index (χ2n) is 6.48. The van der Waals surface area contributed by atoms with Crippen LogP contribution in [0.4, 0.5) is 18.9 Å². The molecule has 0 saturated carbocycles. The van der Waals surface area contributed by atoms with Gasteiger partial charge in [-0.2, -0.15) is 13.2 Å². The Bertz CT molecular complexity index is 973. The van der Waals surface area contributed by atoms with Crippen molar-refractivity contribution in [1.29, 1.82) is 0 Å². The highest BCUT2D eigenvalue weighted by molar-refractivity contribution is 7.91.